The number of anilines is 1. The number of benzene rings is 1. The van der Waals surface area contributed by atoms with Gasteiger partial charge in [0.05, 0.1) is 21.2 Å². The molecule has 2 rings (SSSR count). The lowest BCUT2D eigenvalue weighted by molar-refractivity contribution is 0.102. The minimum absolute atomic E-state index is 0.161. The van der Waals surface area contributed by atoms with Gasteiger partial charge in [0.2, 0.25) is 0 Å². The van der Waals surface area contributed by atoms with Crippen LogP contribution in [0, 0.1) is 11.3 Å². The maximum Gasteiger partial charge on any atom is 0.257 e. The van der Waals surface area contributed by atoms with Crippen molar-refractivity contribution in [2.24, 2.45) is 0 Å². The molecule has 0 spiro atoms. The van der Waals surface area contributed by atoms with Crippen molar-refractivity contribution in [1.82, 2.24) is 4.98 Å². The van der Waals surface area contributed by atoms with Crippen molar-refractivity contribution in [1.29, 1.82) is 5.26 Å². The van der Waals surface area contributed by atoms with Crippen molar-refractivity contribution in [2.75, 3.05) is 5.32 Å². The van der Waals surface area contributed by atoms with Crippen molar-refractivity contribution in [3.8, 4) is 6.07 Å². The molecular formula is C13H6Cl3N3O. The van der Waals surface area contributed by atoms with E-state index in [9.17, 15) is 4.79 Å². The summed E-state index contributed by atoms with van der Waals surface area (Å²) in [5.41, 5.74) is 0.892. The van der Waals surface area contributed by atoms with Crippen molar-refractivity contribution >= 4 is 46.4 Å². The minimum atomic E-state index is -0.453. The molecule has 0 aliphatic heterocycles. The van der Waals surface area contributed by atoms with Crippen LogP contribution in [0.1, 0.15) is 15.9 Å². The van der Waals surface area contributed by atoms with Gasteiger partial charge in [-0.25, -0.2) is 4.98 Å². The number of nitriles is 1. The third kappa shape index (κ3) is 3.20. The van der Waals surface area contributed by atoms with E-state index in [2.05, 4.69) is 10.3 Å². The molecule has 0 fully saturated rings. The van der Waals surface area contributed by atoms with E-state index in [0.29, 0.717) is 10.7 Å². The number of carbonyl (C=O) groups excluding carboxylic acids is 1. The Morgan fingerprint density at radius 2 is 1.95 bits per heavy atom. The Balaban J connectivity index is 2.28. The van der Waals surface area contributed by atoms with Crippen LogP contribution in [0.3, 0.4) is 0 Å². The maximum atomic E-state index is 12.1. The van der Waals surface area contributed by atoms with E-state index in [1.807, 2.05) is 6.07 Å². The molecule has 2 aromatic rings. The fraction of sp³-hybridized carbons (Fsp3) is 0. The number of carbonyl (C=O) groups is 1. The molecule has 0 unspecified atom stereocenters. The molecule has 1 aromatic carbocycles. The van der Waals surface area contributed by atoms with E-state index in [1.54, 1.807) is 6.07 Å². The first kappa shape index (κ1) is 14.6. The second kappa shape index (κ2) is 6.10. The summed E-state index contributed by atoms with van der Waals surface area (Å²) in [7, 11) is 0. The molecule has 1 aromatic heterocycles. The zero-order valence-corrected chi connectivity index (χ0v) is 12.1. The maximum absolute atomic E-state index is 12.1. The summed E-state index contributed by atoms with van der Waals surface area (Å²) < 4.78 is 0. The van der Waals surface area contributed by atoms with Crippen LogP contribution in [0.2, 0.25) is 15.2 Å². The first-order valence-electron chi connectivity index (χ1n) is 5.33. The molecular weight excluding hydrogens is 321 g/mol. The topological polar surface area (TPSA) is 65.8 Å². The average molecular weight is 327 g/mol. The van der Waals surface area contributed by atoms with E-state index < -0.39 is 5.91 Å². The summed E-state index contributed by atoms with van der Waals surface area (Å²) in [5, 5.41) is 12.1. The molecule has 1 amide bonds. The highest BCUT2D eigenvalue weighted by Crippen LogP contribution is 2.22. The van der Waals surface area contributed by atoms with Crippen LogP contribution in [0.25, 0.3) is 0 Å². The van der Waals surface area contributed by atoms with Crippen LogP contribution in [0.4, 0.5) is 5.69 Å². The molecule has 0 bridgehead atoms. The lowest BCUT2D eigenvalue weighted by Gasteiger charge is -2.07. The van der Waals surface area contributed by atoms with Crippen LogP contribution in [0.15, 0.2) is 30.5 Å². The lowest BCUT2D eigenvalue weighted by atomic mass is 10.2. The number of rotatable bonds is 2. The van der Waals surface area contributed by atoms with E-state index >= 15 is 0 Å². The van der Waals surface area contributed by atoms with Crippen LogP contribution < -0.4 is 5.32 Å². The van der Waals surface area contributed by atoms with Crippen molar-refractivity contribution in [3.05, 3.63) is 56.8 Å². The zero-order chi connectivity index (χ0) is 14.7. The molecule has 1 heterocycles. The van der Waals surface area contributed by atoms with Gasteiger partial charge in [0.15, 0.2) is 0 Å². The van der Waals surface area contributed by atoms with Gasteiger partial charge in [-0.1, -0.05) is 34.8 Å². The van der Waals surface area contributed by atoms with Gasteiger partial charge in [-0.2, -0.15) is 5.26 Å². The quantitative estimate of drug-likeness (QED) is 0.842. The van der Waals surface area contributed by atoms with Gasteiger partial charge in [0.25, 0.3) is 5.91 Å². The van der Waals surface area contributed by atoms with Gasteiger partial charge in [-0.15, -0.1) is 0 Å². The third-order valence-corrected chi connectivity index (χ3v) is 3.25. The molecule has 4 nitrogen and oxygen atoms in total. The Morgan fingerprint density at radius 1 is 1.20 bits per heavy atom. The summed E-state index contributed by atoms with van der Waals surface area (Å²) in [5.74, 6) is -0.453. The van der Waals surface area contributed by atoms with Gasteiger partial charge < -0.3 is 5.32 Å². The average Bonchev–Trinajstić information content (AvgIpc) is 2.43. The Labute approximate surface area is 129 Å². The number of hydrogen-bond donors (Lipinski definition) is 1. The molecule has 0 saturated heterocycles. The van der Waals surface area contributed by atoms with Gasteiger partial charge in [-0.05, 0) is 24.3 Å². The summed E-state index contributed by atoms with van der Waals surface area (Å²) in [6.07, 6.45) is 1.29. The molecule has 0 saturated carbocycles. The Morgan fingerprint density at radius 3 is 2.65 bits per heavy atom. The first-order chi connectivity index (χ1) is 9.51. The number of amides is 1. The Kier molecular flexibility index (Phi) is 4.46. The highest BCUT2D eigenvalue weighted by molar-refractivity contribution is 6.35. The fourth-order valence-corrected chi connectivity index (χ4v) is 1.98. The van der Waals surface area contributed by atoms with E-state index in [-0.39, 0.29) is 21.3 Å². The smallest absolute Gasteiger partial charge is 0.257 e. The minimum Gasteiger partial charge on any atom is -0.322 e. The van der Waals surface area contributed by atoms with E-state index in [1.165, 1.54) is 24.4 Å². The number of nitrogens with one attached hydrogen (secondary N) is 1. The normalized spacial score (nSPS) is 9.90. The van der Waals surface area contributed by atoms with Gasteiger partial charge in [0.1, 0.15) is 11.2 Å². The van der Waals surface area contributed by atoms with Crippen LogP contribution in [-0.2, 0) is 0 Å². The predicted octanol–water partition coefficient (Wildman–Crippen LogP) is 4.17. The molecule has 20 heavy (non-hydrogen) atoms. The molecule has 0 radical (unpaired) electrons. The highest BCUT2D eigenvalue weighted by Gasteiger charge is 2.12. The molecule has 0 aliphatic carbocycles. The summed E-state index contributed by atoms with van der Waals surface area (Å²) in [6, 6.07) is 7.87. The summed E-state index contributed by atoms with van der Waals surface area (Å²) in [6.45, 7) is 0. The van der Waals surface area contributed by atoms with Crippen LogP contribution in [-0.4, -0.2) is 10.9 Å². The second-order valence-electron chi connectivity index (χ2n) is 3.75. The fourth-order valence-electron chi connectivity index (χ4n) is 1.47. The first-order valence-corrected chi connectivity index (χ1v) is 6.46. The molecule has 7 heteroatoms. The standard InChI is InChI=1S/C13H6Cl3N3O/c14-10-2-1-8(3-7(10)5-17)19-13(20)9-4-12(16)18-6-11(9)15/h1-4,6H,(H,19,20). The van der Waals surface area contributed by atoms with Crippen molar-refractivity contribution < 1.29 is 4.79 Å². The van der Waals surface area contributed by atoms with Gasteiger partial charge in [0, 0.05) is 11.9 Å². The summed E-state index contributed by atoms with van der Waals surface area (Å²) in [4.78, 5) is 15.8. The highest BCUT2D eigenvalue weighted by atomic mass is 35.5. The van der Waals surface area contributed by atoms with Crippen LogP contribution >= 0.6 is 34.8 Å². The van der Waals surface area contributed by atoms with Crippen LogP contribution in [0.5, 0.6) is 0 Å². The molecule has 0 atom stereocenters. The number of hydrogen-bond acceptors (Lipinski definition) is 3. The number of nitrogens with zero attached hydrogens (tertiary/aromatic N) is 2. The SMILES string of the molecule is N#Cc1cc(NC(=O)c2cc(Cl)ncc2Cl)ccc1Cl. The molecule has 0 aliphatic rings. The number of pyridine rings is 1. The van der Waals surface area contributed by atoms with Gasteiger partial charge in [-0.3, -0.25) is 4.79 Å². The Hall–Kier alpha value is -1.80. The number of aromatic nitrogens is 1. The van der Waals surface area contributed by atoms with Gasteiger partial charge >= 0.3 is 0 Å². The third-order valence-electron chi connectivity index (χ3n) is 2.41. The second-order valence-corrected chi connectivity index (χ2v) is 4.95. The largest absolute Gasteiger partial charge is 0.322 e. The van der Waals surface area contributed by atoms with Crippen molar-refractivity contribution in [2.45, 2.75) is 0 Å². The molecule has 1 N–H and O–H groups in total. The van der Waals surface area contributed by atoms with E-state index in [4.69, 9.17) is 40.1 Å². The molecule has 100 valence electrons. The monoisotopic (exact) mass is 325 g/mol. The predicted molar refractivity (Wildman–Crippen MR) is 78.4 cm³/mol. The summed E-state index contributed by atoms with van der Waals surface area (Å²) >= 11 is 17.4. The van der Waals surface area contributed by atoms with E-state index in [0.717, 1.165) is 0 Å². The lowest BCUT2D eigenvalue weighted by Crippen LogP contribution is -2.12. The van der Waals surface area contributed by atoms with Crippen molar-refractivity contribution in [3.63, 3.8) is 0 Å². The Bertz CT molecular complexity index is 725. The zero-order valence-electron chi connectivity index (χ0n) is 9.82. The number of halogens is 3.